The Bertz CT molecular complexity index is 317. The van der Waals surface area contributed by atoms with Crippen molar-refractivity contribution < 1.29 is 4.74 Å². The second kappa shape index (κ2) is 6.27. The lowest BCUT2D eigenvalue weighted by Crippen LogP contribution is -2.23. The van der Waals surface area contributed by atoms with Crippen LogP contribution in [0.15, 0.2) is 12.3 Å². The van der Waals surface area contributed by atoms with Gasteiger partial charge < -0.3 is 15.0 Å². The van der Waals surface area contributed by atoms with E-state index >= 15 is 0 Å². The fourth-order valence-corrected chi connectivity index (χ4v) is 1.23. The molecule has 0 radical (unpaired) electrons. The highest BCUT2D eigenvalue weighted by atomic mass is 16.5. The number of ether oxygens (including phenoxy) is 1. The summed E-state index contributed by atoms with van der Waals surface area (Å²) in [5, 5.41) is 3.27. The molecule has 0 saturated heterocycles. The first-order valence-corrected chi connectivity index (χ1v) is 5.48. The van der Waals surface area contributed by atoms with Crippen molar-refractivity contribution in [3.05, 3.63) is 12.3 Å². The molecule has 1 N–H and O–H groups in total. The molecule has 1 unspecified atom stereocenters. The van der Waals surface area contributed by atoms with E-state index < -0.39 is 0 Å². The molecular formula is C11H20N4O. The summed E-state index contributed by atoms with van der Waals surface area (Å²) >= 11 is 0. The molecule has 5 nitrogen and oxygen atoms in total. The van der Waals surface area contributed by atoms with Crippen LogP contribution in [-0.4, -0.2) is 43.3 Å². The molecule has 0 aromatic carbocycles. The smallest absolute Gasteiger partial charge is 0.226 e. The fraction of sp³-hybridized carbons (Fsp3) is 0.636. The van der Waals surface area contributed by atoms with Crippen molar-refractivity contribution in [2.75, 3.05) is 37.5 Å². The summed E-state index contributed by atoms with van der Waals surface area (Å²) < 4.78 is 5.33. The Labute approximate surface area is 96.8 Å². The SMILES string of the molecule is CCOCC(C)Nc1ccnc(N(C)C)n1. The van der Waals surface area contributed by atoms with Crippen molar-refractivity contribution in [2.24, 2.45) is 0 Å². The molecule has 0 fully saturated rings. The number of aromatic nitrogens is 2. The molecule has 1 atom stereocenters. The molecule has 1 aromatic heterocycles. The minimum atomic E-state index is 0.241. The topological polar surface area (TPSA) is 50.3 Å². The minimum absolute atomic E-state index is 0.241. The third-order valence-electron chi connectivity index (χ3n) is 2.01. The lowest BCUT2D eigenvalue weighted by atomic mass is 10.3. The Morgan fingerprint density at radius 3 is 2.88 bits per heavy atom. The van der Waals surface area contributed by atoms with Crippen molar-refractivity contribution in [3.63, 3.8) is 0 Å². The van der Waals surface area contributed by atoms with Gasteiger partial charge in [0.2, 0.25) is 5.95 Å². The highest BCUT2D eigenvalue weighted by Gasteiger charge is 2.04. The van der Waals surface area contributed by atoms with Crippen LogP contribution in [0.1, 0.15) is 13.8 Å². The summed E-state index contributed by atoms with van der Waals surface area (Å²) in [7, 11) is 3.84. The number of hydrogen-bond donors (Lipinski definition) is 1. The zero-order chi connectivity index (χ0) is 12.0. The third-order valence-corrected chi connectivity index (χ3v) is 2.01. The van der Waals surface area contributed by atoms with Crippen LogP contribution in [0.2, 0.25) is 0 Å². The molecule has 0 saturated carbocycles. The molecule has 5 heteroatoms. The first-order chi connectivity index (χ1) is 7.63. The first-order valence-electron chi connectivity index (χ1n) is 5.48. The van der Waals surface area contributed by atoms with Gasteiger partial charge in [-0.25, -0.2) is 4.98 Å². The lowest BCUT2D eigenvalue weighted by Gasteiger charge is -2.16. The average Bonchev–Trinajstić information content (AvgIpc) is 2.26. The van der Waals surface area contributed by atoms with Crippen LogP contribution in [-0.2, 0) is 4.74 Å². The largest absolute Gasteiger partial charge is 0.380 e. The van der Waals surface area contributed by atoms with E-state index in [0.717, 1.165) is 12.4 Å². The molecule has 1 rings (SSSR count). The van der Waals surface area contributed by atoms with Crippen LogP contribution < -0.4 is 10.2 Å². The molecule has 1 heterocycles. The van der Waals surface area contributed by atoms with E-state index in [1.807, 2.05) is 32.0 Å². The maximum absolute atomic E-state index is 5.33. The molecule has 16 heavy (non-hydrogen) atoms. The zero-order valence-electron chi connectivity index (χ0n) is 10.4. The van der Waals surface area contributed by atoms with Gasteiger partial charge in [-0.15, -0.1) is 0 Å². The standard InChI is InChI=1S/C11H20N4O/c1-5-16-8-9(2)13-10-6-7-12-11(14-10)15(3)4/h6-7,9H,5,8H2,1-4H3,(H,12,13,14). The summed E-state index contributed by atoms with van der Waals surface area (Å²) in [4.78, 5) is 10.4. The van der Waals surface area contributed by atoms with Crippen LogP contribution >= 0.6 is 0 Å². The quantitative estimate of drug-likeness (QED) is 0.791. The van der Waals surface area contributed by atoms with Crippen molar-refractivity contribution >= 4 is 11.8 Å². The number of hydrogen-bond acceptors (Lipinski definition) is 5. The predicted molar refractivity (Wildman–Crippen MR) is 65.9 cm³/mol. The van der Waals surface area contributed by atoms with E-state index in [2.05, 4.69) is 22.2 Å². The average molecular weight is 224 g/mol. The molecule has 0 aliphatic heterocycles. The van der Waals surface area contributed by atoms with Crippen molar-refractivity contribution in [3.8, 4) is 0 Å². The number of nitrogens with one attached hydrogen (secondary N) is 1. The maximum Gasteiger partial charge on any atom is 0.226 e. The normalized spacial score (nSPS) is 12.2. The van der Waals surface area contributed by atoms with E-state index in [4.69, 9.17) is 4.74 Å². The van der Waals surface area contributed by atoms with Gasteiger partial charge in [0.1, 0.15) is 5.82 Å². The Balaban J connectivity index is 2.56. The number of nitrogens with zero attached hydrogens (tertiary/aromatic N) is 3. The van der Waals surface area contributed by atoms with Gasteiger partial charge in [0, 0.05) is 32.9 Å². The second-order valence-corrected chi connectivity index (χ2v) is 3.84. The van der Waals surface area contributed by atoms with Crippen LogP contribution in [0, 0.1) is 0 Å². The van der Waals surface area contributed by atoms with Gasteiger partial charge in [0.15, 0.2) is 0 Å². The Hall–Kier alpha value is -1.36. The van der Waals surface area contributed by atoms with Crippen molar-refractivity contribution in [1.29, 1.82) is 0 Å². The van der Waals surface area contributed by atoms with Crippen molar-refractivity contribution in [1.82, 2.24) is 9.97 Å². The molecule has 0 aliphatic rings. The van der Waals surface area contributed by atoms with E-state index in [1.165, 1.54) is 0 Å². The van der Waals surface area contributed by atoms with Gasteiger partial charge in [-0.1, -0.05) is 0 Å². The molecule has 0 aliphatic carbocycles. The first kappa shape index (κ1) is 12.7. The fourth-order valence-electron chi connectivity index (χ4n) is 1.23. The van der Waals surface area contributed by atoms with E-state index in [-0.39, 0.29) is 6.04 Å². The summed E-state index contributed by atoms with van der Waals surface area (Å²) in [6, 6.07) is 2.10. The van der Waals surface area contributed by atoms with Gasteiger partial charge >= 0.3 is 0 Å². The highest BCUT2D eigenvalue weighted by Crippen LogP contribution is 2.08. The van der Waals surface area contributed by atoms with Crippen LogP contribution in [0.4, 0.5) is 11.8 Å². The van der Waals surface area contributed by atoms with E-state index in [0.29, 0.717) is 12.6 Å². The predicted octanol–water partition coefficient (Wildman–Crippen LogP) is 1.38. The van der Waals surface area contributed by atoms with E-state index in [9.17, 15) is 0 Å². The minimum Gasteiger partial charge on any atom is -0.380 e. The molecule has 0 bridgehead atoms. The van der Waals surface area contributed by atoms with Crippen LogP contribution in [0.3, 0.4) is 0 Å². The Morgan fingerprint density at radius 2 is 2.25 bits per heavy atom. The van der Waals surface area contributed by atoms with Crippen LogP contribution in [0.25, 0.3) is 0 Å². The Morgan fingerprint density at radius 1 is 1.50 bits per heavy atom. The molecule has 90 valence electrons. The molecule has 0 spiro atoms. The maximum atomic E-state index is 5.33. The number of rotatable bonds is 6. The van der Waals surface area contributed by atoms with Gasteiger partial charge in [0.25, 0.3) is 0 Å². The summed E-state index contributed by atoms with van der Waals surface area (Å²) in [5.74, 6) is 1.53. The third kappa shape index (κ3) is 4.02. The van der Waals surface area contributed by atoms with Crippen LogP contribution in [0.5, 0.6) is 0 Å². The molecule has 0 amide bonds. The summed E-state index contributed by atoms with van der Waals surface area (Å²) in [5.41, 5.74) is 0. The summed E-state index contributed by atoms with van der Waals surface area (Å²) in [6.45, 7) is 5.46. The van der Waals surface area contributed by atoms with E-state index in [1.54, 1.807) is 6.20 Å². The summed E-state index contributed by atoms with van der Waals surface area (Å²) in [6.07, 6.45) is 1.75. The van der Waals surface area contributed by atoms with Crippen molar-refractivity contribution in [2.45, 2.75) is 19.9 Å². The monoisotopic (exact) mass is 224 g/mol. The highest BCUT2D eigenvalue weighted by molar-refractivity contribution is 5.40. The van der Waals surface area contributed by atoms with Gasteiger partial charge in [0.05, 0.1) is 6.61 Å². The second-order valence-electron chi connectivity index (χ2n) is 3.84. The molecular weight excluding hydrogens is 204 g/mol. The zero-order valence-corrected chi connectivity index (χ0v) is 10.4. The molecule has 1 aromatic rings. The van der Waals surface area contributed by atoms with Gasteiger partial charge in [-0.05, 0) is 19.9 Å². The Kier molecular flexibility index (Phi) is 4.98. The van der Waals surface area contributed by atoms with Gasteiger partial charge in [-0.2, -0.15) is 4.98 Å². The van der Waals surface area contributed by atoms with Gasteiger partial charge in [-0.3, -0.25) is 0 Å². The number of anilines is 2. The lowest BCUT2D eigenvalue weighted by molar-refractivity contribution is 0.141.